The number of anilines is 1. The number of aromatic carboxylic acids is 1. The summed E-state index contributed by atoms with van der Waals surface area (Å²) in [5, 5.41) is 11.8. The van der Waals surface area contributed by atoms with Crippen LogP contribution < -0.4 is 10.1 Å². The number of amides is 1. The molecule has 0 unspecified atom stereocenters. The van der Waals surface area contributed by atoms with Gasteiger partial charge >= 0.3 is 5.97 Å². The summed E-state index contributed by atoms with van der Waals surface area (Å²) in [6.45, 7) is 5.64. The number of hydrogen-bond acceptors (Lipinski definition) is 4. The van der Waals surface area contributed by atoms with Crippen molar-refractivity contribution in [2.24, 2.45) is 0 Å². The van der Waals surface area contributed by atoms with E-state index in [1.54, 1.807) is 12.1 Å². The van der Waals surface area contributed by atoms with E-state index in [2.05, 4.69) is 5.32 Å². The van der Waals surface area contributed by atoms with E-state index in [4.69, 9.17) is 9.84 Å². The van der Waals surface area contributed by atoms with Gasteiger partial charge in [0.05, 0.1) is 22.2 Å². The number of carboxylic acid groups (broad SMARTS) is 1. The van der Waals surface area contributed by atoms with Gasteiger partial charge in [0.2, 0.25) is 0 Å². The van der Waals surface area contributed by atoms with Gasteiger partial charge in [0.1, 0.15) is 5.75 Å². The minimum Gasteiger partial charge on any atom is -0.489 e. The van der Waals surface area contributed by atoms with Gasteiger partial charge in [0.25, 0.3) is 5.91 Å². The molecule has 2 N–H and O–H groups in total. The molecule has 2 rings (SSSR count). The van der Waals surface area contributed by atoms with Crippen LogP contribution in [0.1, 0.15) is 38.8 Å². The second-order valence-electron chi connectivity index (χ2n) is 5.05. The standard InChI is InChI=1S/C16H17NO4S/c1-9(2)21-13-6-5-11(16(19)20)8-12(13)17-15(18)14-7-4-10(3)22-14/h4-9H,1-3H3,(H,17,18)(H,19,20). The largest absolute Gasteiger partial charge is 0.489 e. The highest BCUT2D eigenvalue weighted by molar-refractivity contribution is 7.14. The van der Waals surface area contributed by atoms with Crippen LogP contribution >= 0.6 is 11.3 Å². The number of carbonyl (C=O) groups is 2. The second-order valence-corrected chi connectivity index (χ2v) is 6.34. The molecule has 22 heavy (non-hydrogen) atoms. The molecule has 0 spiro atoms. The lowest BCUT2D eigenvalue weighted by atomic mass is 10.2. The fourth-order valence-corrected chi connectivity index (χ4v) is 2.62. The highest BCUT2D eigenvalue weighted by Crippen LogP contribution is 2.28. The van der Waals surface area contributed by atoms with Crippen LogP contribution in [0.15, 0.2) is 30.3 Å². The Balaban J connectivity index is 2.31. The SMILES string of the molecule is Cc1ccc(C(=O)Nc2cc(C(=O)O)ccc2OC(C)C)s1. The maximum atomic E-state index is 12.2. The van der Waals surface area contributed by atoms with Crippen LogP contribution in [0.3, 0.4) is 0 Å². The molecule has 0 bridgehead atoms. The van der Waals surface area contributed by atoms with Gasteiger partial charge in [-0.05, 0) is 51.1 Å². The lowest BCUT2D eigenvalue weighted by Crippen LogP contribution is -2.14. The van der Waals surface area contributed by atoms with Crippen molar-refractivity contribution in [2.45, 2.75) is 26.9 Å². The molecule has 2 aromatic rings. The van der Waals surface area contributed by atoms with Gasteiger partial charge < -0.3 is 15.2 Å². The first kappa shape index (κ1) is 16.0. The Kier molecular flexibility index (Phi) is 4.82. The number of aryl methyl sites for hydroxylation is 1. The van der Waals surface area contributed by atoms with Crippen LogP contribution in [0.25, 0.3) is 0 Å². The van der Waals surface area contributed by atoms with Crippen LogP contribution in [0, 0.1) is 6.92 Å². The van der Waals surface area contributed by atoms with E-state index in [-0.39, 0.29) is 17.6 Å². The minimum absolute atomic E-state index is 0.0877. The molecule has 0 atom stereocenters. The number of nitrogens with one attached hydrogen (secondary N) is 1. The van der Waals surface area contributed by atoms with E-state index in [0.29, 0.717) is 16.3 Å². The molecule has 6 heteroatoms. The summed E-state index contributed by atoms with van der Waals surface area (Å²) in [4.78, 5) is 24.9. The molecule has 0 fully saturated rings. The third kappa shape index (κ3) is 3.85. The van der Waals surface area contributed by atoms with Gasteiger partial charge in [-0.15, -0.1) is 11.3 Å². The quantitative estimate of drug-likeness (QED) is 0.879. The van der Waals surface area contributed by atoms with Crippen molar-refractivity contribution in [1.82, 2.24) is 0 Å². The predicted molar refractivity (Wildman–Crippen MR) is 86.2 cm³/mol. The maximum Gasteiger partial charge on any atom is 0.335 e. The van der Waals surface area contributed by atoms with Gasteiger partial charge in [-0.1, -0.05) is 0 Å². The maximum absolute atomic E-state index is 12.2. The summed E-state index contributed by atoms with van der Waals surface area (Å²) < 4.78 is 5.62. The van der Waals surface area contributed by atoms with Crippen LogP contribution in [-0.4, -0.2) is 23.1 Å². The molecule has 5 nitrogen and oxygen atoms in total. The Hall–Kier alpha value is -2.34. The highest BCUT2D eigenvalue weighted by Gasteiger charge is 2.15. The van der Waals surface area contributed by atoms with Gasteiger partial charge in [-0.25, -0.2) is 4.79 Å². The van der Waals surface area contributed by atoms with E-state index < -0.39 is 5.97 Å². The molecule has 1 aromatic heterocycles. The Bertz CT molecular complexity index is 706. The molecule has 116 valence electrons. The molecular weight excluding hydrogens is 302 g/mol. The number of benzene rings is 1. The zero-order chi connectivity index (χ0) is 16.3. The van der Waals surface area contributed by atoms with E-state index >= 15 is 0 Å². The van der Waals surface area contributed by atoms with E-state index in [0.717, 1.165) is 4.88 Å². The Morgan fingerprint density at radius 3 is 2.50 bits per heavy atom. The lowest BCUT2D eigenvalue weighted by molar-refractivity contribution is 0.0696. The number of thiophene rings is 1. The molecule has 1 amide bonds. The molecule has 0 aliphatic rings. The summed E-state index contributed by atoms with van der Waals surface area (Å²) in [6.07, 6.45) is -0.0877. The first-order valence-corrected chi connectivity index (χ1v) is 7.60. The van der Waals surface area contributed by atoms with Crippen molar-refractivity contribution < 1.29 is 19.4 Å². The molecule has 0 aliphatic heterocycles. The van der Waals surface area contributed by atoms with Gasteiger partial charge in [0, 0.05) is 4.88 Å². The molecule has 0 saturated heterocycles. The highest BCUT2D eigenvalue weighted by atomic mass is 32.1. The summed E-state index contributed by atoms with van der Waals surface area (Å²) in [5.41, 5.74) is 0.443. The summed E-state index contributed by atoms with van der Waals surface area (Å²) in [5.74, 6) is -0.894. The summed E-state index contributed by atoms with van der Waals surface area (Å²) in [6, 6.07) is 8.00. The first-order chi connectivity index (χ1) is 10.4. The molecule has 0 saturated carbocycles. The van der Waals surface area contributed by atoms with E-state index in [9.17, 15) is 9.59 Å². The second kappa shape index (κ2) is 6.62. The number of ether oxygens (including phenoxy) is 1. The van der Waals surface area contributed by atoms with Crippen molar-refractivity contribution in [3.63, 3.8) is 0 Å². The van der Waals surface area contributed by atoms with Crippen LogP contribution in [0.2, 0.25) is 0 Å². The number of hydrogen-bond donors (Lipinski definition) is 2. The Morgan fingerprint density at radius 2 is 1.95 bits per heavy atom. The lowest BCUT2D eigenvalue weighted by Gasteiger charge is -2.15. The predicted octanol–water partition coefficient (Wildman–Crippen LogP) is 3.79. The number of rotatable bonds is 5. The molecule has 1 heterocycles. The Morgan fingerprint density at radius 1 is 1.23 bits per heavy atom. The monoisotopic (exact) mass is 319 g/mol. The molecule has 0 radical (unpaired) electrons. The van der Waals surface area contributed by atoms with Crippen LogP contribution in [0.4, 0.5) is 5.69 Å². The fraction of sp³-hybridized carbons (Fsp3) is 0.250. The van der Waals surface area contributed by atoms with E-state index in [1.165, 1.54) is 23.5 Å². The number of carboxylic acids is 1. The Labute approximate surface area is 132 Å². The van der Waals surface area contributed by atoms with Crippen molar-refractivity contribution in [3.8, 4) is 5.75 Å². The number of carbonyl (C=O) groups excluding carboxylic acids is 1. The molecule has 1 aromatic carbocycles. The summed E-state index contributed by atoms with van der Waals surface area (Å²) in [7, 11) is 0. The van der Waals surface area contributed by atoms with Gasteiger partial charge in [0.15, 0.2) is 0 Å². The van der Waals surface area contributed by atoms with Gasteiger partial charge in [-0.2, -0.15) is 0 Å². The van der Waals surface area contributed by atoms with Crippen molar-refractivity contribution >= 4 is 28.9 Å². The average molecular weight is 319 g/mol. The van der Waals surface area contributed by atoms with Crippen molar-refractivity contribution in [2.75, 3.05) is 5.32 Å². The zero-order valence-electron chi connectivity index (χ0n) is 12.5. The van der Waals surface area contributed by atoms with Crippen molar-refractivity contribution in [3.05, 3.63) is 45.6 Å². The van der Waals surface area contributed by atoms with Crippen molar-refractivity contribution in [1.29, 1.82) is 0 Å². The zero-order valence-corrected chi connectivity index (χ0v) is 13.4. The van der Waals surface area contributed by atoms with Crippen LogP contribution in [0.5, 0.6) is 5.75 Å². The smallest absolute Gasteiger partial charge is 0.335 e. The third-order valence-electron chi connectivity index (χ3n) is 2.80. The normalized spacial score (nSPS) is 10.5. The van der Waals surface area contributed by atoms with Gasteiger partial charge in [-0.3, -0.25) is 4.79 Å². The fourth-order valence-electron chi connectivity index (χ4n) is 1.86. The minimum atomic E-state index is -1.06. The first-order valence-electron chi connectivity index (χ1n) is 6.78. The molecular formula is C16H17NO4S. The third-order valence-corrected chi connectivity index (χ3v) is 3.80. The topological polar surface area (TPSA) is 75.6 Å². The van der Waals surface area contributed by atoms with Crippen LogP contribution in [-0.2, 0) is 0 Å². The van der Waals surface area contributed by atoms with E-state index in [1.807, 2.05) is 26.8 Å². The molecule has 0 aliphatic carbocycles. The summed E-state index contributed by atoms with van der Waals surface area (Å²) >= 11 is 1.38. The average Bonchev–Trinajstić information content (AvgIpc) is 2.86.